The Kier molecular flexibility index (Phi) is 10.7. The number of nitrogens with one attached hydrogen (secondary N) is 1. The molecule has 18 heteroatoms. The summed E-state index contributed by atoms with van der Waals surface area (Å²) in [6.07, 6.45) is -21.0. The van der Waals surface area contributed by atoms with Crippen molar-refractivity contribution in [1.82, 2.24) is 5.32 Å². The van der Waals surface area contributed by atoms with E-state index in [2.05, 4.69) is 4.74 Å². The molecule has 0 radical (unpaired) electrons. The van der Waals surface area contributed by atoms with Crippen molar-refractivity contribution in [2.45, 2.75) is 68.8 Å². The first-order valence-electron chi connectivity index (χ1n) is 9.09. The van der Waals surface area contributed by atoms with E-state index < -0.39 is 60.3 Å². The van der Waals surface area contributed by atoms with Gasteiger partial charge in [0.1, 0.15) is 6.42 Å². The van der Waals surface area contributed by atoms with E-state index in [0.717, 1.165) is 0 Å². The number of amides is 1. The molecule has 0 fully saturated rings. The van der Waals surface area contributed by atoms with Crippen LogP contribution in [-0.2, 0) is 13.6 Å². The van der Waals surface area contributed by atoms with Gasteiger partial charge in [-0.1, -0.05) is 0 Å². The molecular formula is C14H25F9N2O5Si2. The van der Waals surface area contributed by atoms with Crippen LogP contribution in [0.25, 0.3) is 0 Å². The van der Waals surface area contributed by atoms with Crippen molar-refractivity contribution in [2.24, 2.45) is 5.73 Å². The van der Waals surface area contributed by atoms with E-state index in [1.165, 1.54) is 18.4 Å². The number of nitrogens with two attached hydrogens (primary N) is 1. The summed E-state index contributed by atoms with van der Waals surface area (Å²) >= 11 is 0. The molecule has 0 rings (SSSR count). The Morgan fingerprint density at radius 3 is 1.81 bits per heavy atom. The minimum atomic E-state index is -6.43. The molecule has 0 aliphatic carbocycles. The Hall–Kier alpha value is -0.926. The highest BCUT2D eigenvalue weighted by molar-refractivity contribution is 6.78. The Morgan fingerprint density at radius 2 is 1.41 bits per heavy atom. The first kappa shape index (κ1) is 31.1. The summed E-state index contributed by atoms with van der Waals surface area (Å²) in [5.74, 6) is -8.56. The zero-order chi connectivity index (χ0) is 25.6. The lowest BCUT2D eigenvalue weighted by molar-refractivity contribution is -0.406. The summed E-state index contributed by atoms with van der Waals surface area (Å²) in [7, 11) is -6.88. The zero-order valence-corrected chi connectivity index (χ0v) is 19.0. The molecule has 7 nitrogen and oxygen atoms in total. The maximum absolute atomic E-state index is 14.1. The number of rotatable bonds is 13. The number of halogens is 9. The lowest BCUT2D eigenvalue weighted by atomic mass is 10.2. The van der Waals surface area contributed by atoms with Gasteiger partial charge in [0, 0.05) is 6.54 Å². The summed E-state index contributed by atoms with van der Waals surface area (Å²) in [6.45, 7) is 2.05. The molecule has 0 aliphatic rings. The van der Waals surface area contributed by atoms with Crippen LogP contribution < -0.4 is 11.1 Å². The van der Waals surface area contributed by atoms with E-state index in [4.69, 9.17) is 9.85 Å². The highest BCUT2D eigenvalue weighted by Crippen LogP contribution is 2.43. The van der Waals surface area contributed by atoms with Crippen LogP contribution in [0.5, 0.6) is 0 Å². The zero-order valence-electron chi connectivity index (χ0n) is 17.0. The SMILES string of the molecule is C[Si](O)(CCCN)O[Si](C)(O)CCCNC(=O)C(F)(OC(F)(F)CC(F)(F)F)C(F)(F)F. The van der Waals surface area contributed by atoms with E-state index in [9.17, 15) is 53.9 Å². The second-order valence-corrected chi connectivity index (χ2v) is 13.8. The van der Waals surface area contributed by atoms with Gasteiger partial charge in [0.25, 0.3) is 5.91 Å². The van der Waals surface area contributed by atoms with Crippen LogP contribution in [0.2, 0.25) is 25.2 Å². The van der Waals surface area contributed by atoms with E-state index in [0.29, 0.717) is 6.42 Å². The maximum atomic E-state index is 14.1. The number of hydrogen-bond acceptors (Lipinski definition) is 6. The van der Waals surface area contributed by atoms with Crippen molar-refractivity contribution < 1.29 is 62.8 Å². The fourth-order valence-electron chi connectivity index (χ4n) is 2.45. The second-order valence-electron chi connectivity index (χ2n) is 7.33. The van der Waals surface area contributed by atoms with E-state index in [1.54, 1.807) is 0 Å². The Bertz CT molecular complexity index is 620. The molecular weight excluding hydrogens is 503 g/mol. The van der Waals surface area contributed by atoms with Crippen molar-refractivity contribution in [3.05, 3.63) is 0 Å². The molecule has 0 bridgehead atoms. The number of ether oxygens (including phenoxy) is 1. The van der Waals surface area contributed by atoms with Gasteiger partial charge in [-0.15, -0.1) is 0 Å². The molecule has 192 valence electrons. The standard InChI is InChI=1S/C14H25F9N2O5Si2/c1-31(27,7-3-5-24)30-32(2,28)8-4-6-25-10(26)13(20,14(21,22)23)29-12(18,19)9-11(15,16)17/h27-28H,3-9,24H2,1-2H3,(H,25,26). The fourth-order valence-corrected chi connectivity index (χ4v) is 8.74. The first-order valence-corrected chi connectivity index (χ1v) is 14.2. The second kappa shape index (κ2) is 11.0. The van der Waals surface area contributed by atoms with E-state index in [-0.39, 0.29) is 25.1 Å². The number of carbonyl (C=O) groups is 1. The van der Waals surface area contributed by atoms with Gasteiger partial charge in [0.15, 0.2) is 0 Å². The summed E-state index contributed by atoms with van der Waals surface area (Å²) in [5, 5.41) is 1.30. The third-order valence-electron chi connectivity index (χ3n) is 3.74. The molecule has 0 saturated carbocycles. The topological polar surface area (TPSA) is 114 Å². The molecule has 5 N–H and O–H groups in total. The molecule has 0 aromatic carbocycles. The van der Waals surface area contributed by atoms with Crippen LogP contribution in [0.3, 0.4) is 0 Å². The highest BCUT2D eigenvalue weighted by Gasteiger charge is 2.68. The van der Waals surface area contributed by atoms with Crippen LogP contribution in [0, 0.1) is 0 Å². The van der Waals surface area contributed by atoms with Crippen LogP contribution in [0.15, 0.2) is 0 Å². The largest absolute Gasteiger partial charge is 0.458 e. The number of alkyl halides is 9. The van der Waals surface area contributed by atoms with Gasteiger partial charge in [0.05, 0.1) is 0 Å². The summed E-state index contributed by atoms with van der Waals surface area (Å²) < 4.78 is 123. The van der Waals surface area contributed by atoms with Crippen LogP contribution in [-0.4, -0.2) is 70.0 Å². The van der Waals surface area contributed by atoms with Crippen LogP contribution in [0.4, 0.5) is 39.5 Å². The fraction of sp³-hybridized carbons (Fsp3) is 0.929. The maximum Gasteiger partial charge on any atom is 0.458 e. The smallest absolute Gasteiger partial charge is 0.415 e. The van der Waals surface area contributed by atoms with Crippen molar-refractivity contribution in [1.29, 1.82) is 0 Å². The van der Waals surface area contributed by atoms with Gasteiger partial charge in [0.2, 0.25) is 0 Å². The van der Waals surface area contributed by atoms with Gasteiger partial charge in [-0.05, 0) is 44.6 Å². The summed E-state index contributed by atoms with van der Waals surface area (Å²) in [4.78, 5) is 31.9. The van der Waals surface area contributed by atoms with Gasteiger partial charge in [-0.25, -0.2) is 0 Å². The van der Waals surface area contributed by atoms with Crippen molar-refractivity contribution >= 4 is 23.0 Å². The first-order chi connectivity index (χ1) is 14.1. The Labute approximate surface area is 179 Å². The summed E-state index contributed by atoms with van der Waals surface area (Å²) in [5.41, 5.74) is 5.30. The molecule has 32 heavy (non-hydrogen) atoms. The average Bonchev–Trinajstić information content (AvgIpc) is 2.51. The predicted molar refractivity (Wildman–Crippen MR) is 96.3 cm³/mol. The molecule has 3 atom stereocenters. The molecule has 0 heterocycles. The number of carbonyl (C=O) groups excluding carboxylic acids is 1. The highest BCUT2D eigenvalue weighted by atomic mass is 28.5. The summed E-state index contributed by atoms with van der Waals surface area (Å²) in [6, 6.07) is -0.0851. The van der Waals surface area contributed by atoms with Crippen molar-refractivity contribution in [2.75, 3.05) is 13.1 Å². The normalized spacial score (nSPS) is 19.1. The van der Waals surface area contributed by atoms with Crippen molar-refractivity contribution in [3.63, 3.8) is 0 Å². The molecule has 0 saturated heterocycles. The molecule has 0 aromatic heterocycles. The molecule has 0 aliphatic heterocycles. The van der Waals surface area contributed by atoms with Gasteiger partial charge in [-0.3, -0.25) is 9.53 Å². The average molecular weight is 529 g/mol. The Balaban J connectivity index is 5.03. The molecule has 3 unspecified atom stereocenters. The quantitative estimate of drug-likeness (QED) is 0.166. The predicted octanol–water partition coefficient (Wildman–Crippen LogP) is 2.78. The van der Waals surface area contributed by atoms with Gasteiger partial charge < -0.3 is 24.8 Å². The van der Waals surface area contributed by atoms with Crippen molar-refractivity contribution in [3.8, 4) is 0 Å². The molecule has 0 spiro atoms. The van der Waals surface area contributed by atoms with Crippen LogP contribution >= 0.6 is 0 Å². The van der Waals surface area contributed by atoms with E-state index in [1.807, 2.05) is 0 Å². The lowest BCUT2D eigenvalue weighted by Gasteiger charge is -2.31. The molecule has 1 amide bonds. The third-order valence-corrected chi connectivity index (χ3v) is 9.82. The van der Waals surface area contributed by atoms with Gasteiger partial charge >= 0.3 is 41.4 Å². The minimum Gasteiger partial charge on any atom is -0.415 e. The third kappa shape index (κ3) is 11.3. The molecule has 0 aromatic rings. The Morgan fingerprint density at radius 1 is 0.938 bits per heavy atom. The minimum absolute atomic E-state index is 0.183. The van der Waals surface area contributed by atoms with Crippen LogP contribution in [0.1, 0.15) is 19.3 Å². The lowest BCUT2D eigenvalue weighted by Crippen LogP contribution is -2.58. The monoisotopic (exact) mass is 528 g/mol. The van der Waals surface area contributed by atoms with E-state index >= 15 is 0 Å². The number of hydrogen-bond donors (Lipinski definition) is 4. The van der Waals surface area contributed by atoms with Gasteiger partial charge in [-0.2, -0.15) is 39.5 Å².